The van der Waals surface area contributed by atoms with Crippen molar-refractivity contribution in [3.05, 3.63) is 47.3 Å². The van der Waals surface area contributed by atoms with Gasteiger partial charge in [-0.1, -0.05) is 6.07 Å². The van der Waals surface area contributed by atoms with Crippen LogP contribution in [-0.2, 0) is 22.2 Å². The van der Waals surface area contributed by atoms with E-state index in [0.717, 1.165) is 18.2 Å². The van der Waals surface area contributed by atoms with Crippen molar-refractivity contribution in [1.82, 2.24) is 15.5 Å². The summed E-state index contributed by atoms with van der Waals surface area (Å²) in [4.78, 5) is 11.7. The standard InChI is InChI=1S/C19H19F6N3O3S/c1-17(2,32(30,31)13-5-3-4-10(8-13)18(20,21)22)11-6-12(7-11)26-16(29)14-9-15(28-27-14)19(23,24)25/h3-5,8-9,11-12H,6-7H2,1-2H3,(H,26,29)(H,27,28)/t11-,12+. The Morgan fingerprint density at radius 3 is 2.22 bits per heavy atom. The maximum atomic E-state index is 13.0. The van der Waals surface area contributed by atoms with Gasteiger partial charge in [0.2, 0.25) is 0 Å². The smallest absolute Gasteiger partial charge is 0.348 e. The molecule has 0 radical (unpaired) electrons. The lowest BCUT2D eigenvalue weighted by Gasteiger charge is -2.44. The van der Waals surface area contributed by atoms with Crippen LogP contribution in [0, 0.1) is 5.92 Å². The second-order valence-corrected chi connectivity index (χ2v) is 10.7. The van der Waals surface area contributed by atoms with E-state index in [2.05, 4.69) is 10.4 Å². The Morgan fingerprint density at radius 2 is 1.69 bits per heavy atom. The second kappa shape index (κ2) is 7.78. The Balaban J connectivity index is 1.68. The lowest BCUT2D eigenvalue weighted by molar-refractivity contribution is -0.141. The molecule has 2 N–H and O–H groups in total. The second-order valence-electron chi connectivity index (χ2n) is 8.14. The minimum absolute atomic E-state index is 0.192. The first-order valence-electron chi connectivity index (χ1n) is 9.39. The summed E-state index contributed by atoms with van der Waals surface area (Å²) in [6.45, 7) is 2.80. The number of sulfone groups is 1. The largest absolute Gasteiger partial charge is 0.435 e. The monoisotopic (exact) mass is 483 g/mol. The average Bonchev–Trinajstić information content (AvgIpc) is 3.14. The molecule has 0 bridgehead atoms. The minimum Gasteiger partial charge on any atom is -0.348 e. The fourth-order valence-corrected chi connectivity index (χ4v) is 5.29. The van der Waals surface area contributed by atoms with E-state index in [1.54, 1.807) is 0 Å². The van der Waals surface area contributed by atoms with Crippen LogP contribution < -0.4 is 5.32 Å². The number of carbonyl (C=O) groups is 1. The molecule has 0 atom stereocenters. The number of aromatic amines is 1. The van der Waals surface area contributed by atoms with Crippen LogP contribution in [0.25, 0.3) is 0 Å². The summed E-state index contributed by atoms with van der Waals surface area (Å²) in [6, 6.07) is 3.55. The van der Waals surface area contributed by atoms with Crippen LogP contribution in [0.3, 0.4) is 0 Å². The fraction of sp³-hybridized carbons (Fsp3) is 0.474. The van der Waals surface area contributed by atoms with Gasteiger partial charge in [0.1, 0.15) is 5.69 Å². The molecule has 1 heterocycles. The molecule has 6 nitrogen and oxygen atoms in total. The number of amides is 1. The van der Waals surface area contributed by atoms with Gasteiger partial charge >= 0.3 is 12.4 Å². The third-order valence-corrected chi connectivity index (χ3v) is 8.33. The van der Waals surface area contributed by atoms with E-state index in [1.807, 2.05) is 5.10 Å². The molecule has 32 heavy (non-hydrogen) atoms. The molecule has 2 aromatic rings. The van der Waals surface area contributed by atoms with Crippen molar-refractivity contribution < 1.29 is 39.6 Å². The first kappa shape index (κ1) is 24.1. The molecule has 0 unspecified atom stereocenters. The highest BCUT2D eigenvalue weighted by Crippen LogP contribution is 2.44. The molecule has 0 aliphatic heterocycles. The number of benzene rings is 1. The number of nitrogens with one attached hydrogen (secondary N) is 2. The van der Waals surface area contributed by atoms with E-state index < -0.39 is 66.7 Å². The van der Waals surface area contributed by atoms with Gasteiger partial charge in [0, 0.05) is 12.1 Å². The van der Waals surface area contributed by atoms with Crippen molar-refractivity contribution >= 4 is 15.7 Å². The Kier molecular flexibility index (Phi) is 5.86. The van der Waals surface area contributed by atoms with Crippen LogP contribution in [0.15, 0.2) is 35.2 Å². The van der Waals surface area contributed by atoms with Crippen LogP contribution in [0.2, 0.25) is 0 Å². The topological polar surface area (TPSA) is 91.9 Å². The summed E-state index contributed by atoms with van der Waals surface area (Å²) in [6.07, 6.45) is -9.02. The van der Waals surface area contributed by atoms with Crippen molar-refractivity contribution in [2.45, 2.75) is 54.7 Å². The van der Waals surface area contributed by atoms with Gasteiger partial charge in [-0.2, -0.15) is 31.4 Å². The molecular weight excluding hydrogens is 464 g/mol. The number of hydrogen-bond acceptors (Lipinski definition) is 4. The lowest BCUT2D eigenvalue weighted by atomic mass is 9.73. The van der Waals surface area contributed by atoms with Gasteiger partial charge in [0.05, 0.1) is 15.2 Å². The summed E-state index contributed by atoms with van der Waals surface area (Å²) < 4.78 is 101. The van der Waals surface area contributed by atoms with Crippen LogP contribution in [-0.4, -0.2) is 35.3 Å². The first-order chi connectivity index (χ1) is 14.5. The molecule has 0 saturated heterocycles. The highest BCUT2D eigenvalue weighted by atomic mass is 32.2. The molecule has 176 valence electrons. The number of alkyl halides is 6. The summed E-state index contributed by atoms with van der Waals surface area (Å²) in [5, 5.41) is 7.53. The van der Waals surface area contributed by atoms with Gasteiger partial charge in [0.25, 0.3) is 5.91 Å². The minimum atomic E-state index is -4.71. The Labute approximate surface area is 179 Å². The first-order valence-corrected chi connectivity index (χ1v) is 10.9. The molecule has 1 fully saturated rings. The number of H-pyrrole nitrogens is 1. The van der Waals surface area contributed by atoms with Crippen molar-refractivity contribution in [2.75, 3.05) is 0 Å². The zero-order valence-corrected chi connectivity index (χ0v) is 17.6. The summed E-state index contributed by atoms with van der Waals surface area (Å²) in [5.74, 6) is -1.31. The van der Waals surface area contributed by atoms with E-state index >= 15 is 0 Å². The number of nitrogens with zero attached hydrogens (tertiary/aromatic N) is 1. The number of rotatable bonds is 5. The molecule has 0 spiro atoms. The summed E-state index contributed by atoms with van der Waals surface area (Å²) >= 11 is 0. The number of carbonyl (C=O) groups excluding carboxylic acids is 1. The quantitative estimate of drug-likeness (QED) is 0.624. The van der Waals surface area contributed by atoms with Crippen molar-refractivity contribution in [1.29, 1.82) is 0 Å². The van der Waals surface area contributed by atoms with E-state index in [4.69, 9.17) is 0 Å². The zero-order chi connectivity index (χ0) is 24.1. The predicted octanol–water partition coefficient (Wildman–Crippen LogP) is 4.21. The van der Waals surface area contributed by atoms with E-state index in [-0.39, 0.29) is 12.8 Å². The van der Waals surface area contributed by atoms with Gasteiger partial charge in [-0.25, -0.2) is 8.42 Å². The van der Waals surface area contributed by atoms with Crippen LogP contribution in [0.1, 0.15) is 48.4 Å². The fourth-order valence-electron chi connectivity index (χ4n) is 3.51. The summed E-state index contributed by atoms with van der Waals surface area (Å²) in [7, 11) is -4.15. The van der Waals surface area contributed by atoms with Gasteiger partial charge in [-0.05, 0) is 50.8 Å². The molecular formula is C19H19F6N3O3S. The maximum absolute atomic E-state index is 13.0. The third-order valence-electron chi connectivity index (χ3n) is 5.73. The van der Waals surface area contributed by atoms with Gasteiger partial charge in [-0.15, -0.1) is 0 Å². The zero-order valence-electron chi connectivity index (χ0n) is 16.8. The third kappa shape index (κ3) is 4.48. The molecule has 3 rings (SSSR count). The lowest BCUT2D eigenvalue weighted by Crippen LogP contribution is -2.53. The molecule has 1 aromatic heterocycles. The van der Waals surface area contributed by atoms with E-state index in [0.29, 0.717) is 12.1 Å². The normalized spacial score (nSPS) is 20.0. The van der Waals surface area contributed by atoms with Gasteiger partial charge < -0.3 is 5.32 Å². The Morgan fingerprint density at radius 1 is 1.06 bits per heavy atom. The molecule has 13 heteroatoms. The van der Waals surface area contributed by atoms with Crippen LogP contribution in [0.5, 0.6) is 0 Å². The number of hydrogen-bond donors (Lipinski definition) is 2. The highest BCUT2D eigenvalue weighted by molar-refractivity contribution is 7.92. The molecule has 1 saturated carbocycles. The van der Waals surface area contributed by atoms with E-state index in [9.17, 15) is 39.6 Å². The molecule has 1 aliphatic carbocycles. The number of aromatic nitrogens is 2. The SMILES string of the molecule is CC(C)([C@H]1C[C@@H](NC(=O)c2cc(C(F)(F)F)n[nH]2)C1)S(=O)(=O)c1cccc(C(F)(F)F)c1. The van der Waals surface area contributed by atoms with E-state index in [1.165, 1.54) is 13.8 Å². The Hall–Kier alpha value is -2.57. The Bertz CT molecular complexity index is 1120. The van der Waals surface area contributed by atoms with Gasteiger partial charge in [-0.3, -0.25) is 9.89 Å². The van der Waals surface area contributed by atoms with Crippen LogP contribution in [0.4, 0.5) is 26.3 Å². The average molecular weight is 483 g/mol. The molecule has 1 aromatic carbocycles. The molecule has 1 amide bonds. The van der Waals surface area contributed by atoms with Crippen molar-refractivity contribution in [3.63, 3.8) is 0 Å². The van der Waals surface area contributed by atoms with Gasteiger partial charge in [0.15, 0.2) is 15.5 Å². The van der Waals surface area contributed by atoms with Crippen molar-refractivity contribution in [2.24, 2.45) is 5.92 Å². The maximum Gasteiger partial charge on any atom is 0.435 e. The summed E-state index contributed by atoms with van der Waals surface area (Å²) in [5.41, 5.74) is -2.72. The predicted molar refractivity (Wildman–Crippen MR) is 100 cm³/mol. The number of halogens is 6. The molecule has 1 aliphatic rings. The highest BCUT2D eigenvalue weighted by Gasteiger charge is 2.49. The van der Waals surface area contributed by atoms with Crippen molar-refractivity contribution in [3.8, 4) is 0 Å². The van der Waals surface area contributed by atoms with Crippen LogP contribution >= 0.6 is 0 Å².